The number of hydrogen-bond donors (Lipinski definition) is 1. The Balaban J connectivity index is 3.62. The van der Waals surface area contributed by atoms with Crippen molar-refractivity contribution in [2.45, 2.75) is 4.90 Å². The molecule has 0 heterocycles. The third-order valence-electron chi connectivity index (χ3n) is 1.98. The van der Waals surface area contributed by atoms with Gasteiger partial charge < -0.3 is 14.6 Å². The van der Waals surface area contributed by atoms with E-state index in [4.69, 9.17) is 25.3 Å². The average Bonchev–Trinajstić information content (AvgIpc) is 2.25. The topological polar surface area (TPSA) is 89.9 Å². The monoisotopic (exact) mass is 280 g/mol. The highest BCUT2D eigenvalue weighted by Gasteiger charge is 2.23. The van der Waals surface area contributed by atoms with E-state index >= 15 is 0 Å². The maximum atomic E-state index is 11.2. The number of rotatable bonds is 4. The number of methoxy groups -OCH3 is 2. The van der Waals surface area contributed by atoms with Crippen molar-refractivity contribution >= 4 is 25.7 Å². The van der Waals surface area contributed by atoms with Gasteiger partial charge in [-0.15, -0.1) is 0 Å². The number of aromatic carboxylic acids is 1. The second-order valence-corrected chi connectivity index (χ2v) is 5.48. The quantitative estimate of drug-likeness (QED) is 0.837. The van der Waals surface area contributed by atoms with Crippen LogP contribution in [0.2, 0.25) is 0 Å². The summed E-state index contributed by atoms with van der Waals surface area (Å²) in [5.41, 5.74) is -0.312. The van der Waals surface area contributed by atoms with Gasteiger partial charge in [0.25, 0.3) is 9.05 Å². The van der Waals surface area contributed by atoms with E-state index in [0.29, 0.717) is 0 Å². The van der Waals surface area contributed by atoms with Crippen LogP contribution >= 0.6 is 10.7 Å². The lowest BCUT2D eigenvalue weighted by molar-refractivity contribution is 0.0693. The molecule has 0 amide bonds. The second-order valence-electron chi connectivity index (χ2n) is 2.95. The van der Waals surface area contributed by atoms with Crippen LogP contribution in [0, 0.1) is 0 Å². The van der Waals surface area contributed by atoms with Crippen molar-refractivity contribution in [1.82, 2.24) is 0 Å². The third kappa shape index (κ3) is 2.80. The van der Waals surface area contributed by atoms with Crippen molar-refractivity contribution in [3.8, 4) is 11.5 Å². The molecule has 1 aromatic carbocycles. The summed E-state index contributed by atoms with van der Waals surface area (Å²) in [5, 5.41) is 8.89. The molecule has 0 aliphatic rings. The molecule has 0 atom stereocenters. The normalized spacial score (nSPS) is 11.0. The van der Waals surface area contributed by atoms with Gasteiger partial charge in [-0.05, 0) is 6.07 Å². The summed E-state index contributed by atoms with van der Waals surface area (Å²) < 4.78 is 32.1. The van der Waals surface area contributed by atoms with Crippen molar-refractivity contribution in [1.29, 1.82) is 0 Å². The van der Waals surface area contributed by atoms with Gasteiger partial charge >= 0.3 is 5.97 Å². The molecular weight excluding hydrogens is 272 g/mol. The summed E-state index contributed by atoms with van der Waals surface area (Å²) in [5.74, 6) is -1.42. The predicted octanol–water partition coefficient (Wildman–Crippen LogP) is 1.33. The van der Waals surface area contributed by atoms with E-state index < -0.39 is 19.9 Å². The Bertz CT molecular complexity index is 551. The van der Waals surface area contributed by atoms with Gasteiger partial charge in [0.05, 0.1) is 14.2 Å². The molecular formula is C9H9ClO6S. The van der Waals surface area contributed by atoms with E-state index in [1.165, 1.54) is 14.2 Å². The third-order valence-corrected chi connectivity index (χ3v) is 3.32. The molecule has 0 radical (unpaired) electrons. The van der Waals surface area contributed by atoms with Crippen molar-refractivity contribution in [2.24, 2.45) is 0 Å². The Morgan fingerprint density at radius 1 is 1.24 bits per heavy atom. The standard InChI is InChI=1S/C9H9ClO6S/c1-15-6-4-7(16-2)8(17(10,13)14)3-5(6)9(11)12/h3-4H,1-2H3,(H,11,12). The molecule has 1 rings (SSSR count). The van der Waals surface area contributed by atoms with Gasteiger partial charge in [-0.2, -0.15) is 0 Å². The van der Waals surface area contributed by atoms with E-state index in [1.807, 2.05) is 0 Å². The van der Waals surface area contributed by atoms with E-state index in [9.17, 15) is 13.2 Å². The summed E-state index contributed by atoms with van der Waals surface area (Å²) >= 11 is 0. The fourth-order valence-electron chi connectivity index (χ4n) is 1.23. The van der Waals surface area contributed by atoms with Crippen LogP contribution in [-0.4, -0.2) is 33.7 Å². The van der Waals surface area contributed by atoms with E-state index in [2.05, 4.69) is 0 Å². The lowest BCUT2D eigenvalue weighted by Crippen LogP contribution is -2.05. The predicted molar refractivity (Wildman–Crippen MR) is 59.5 cm³/mol. The Kier molecular flexibility index (Phi) is 3.84. The van der Waals surface area contributed by atoms with Crippen LogP contribution in [0.15, 0.2) is 17.0 Å². The molecule has 8 heteroatoms. The molecule has 0 aliphatic carbocycles. The van der Waals surface area contributed by atoms with Gasteiger partial charge in [0.1, 0.15) is 22.0 Å². The average molecular weight is 281 g/mol. The number of benzene rings is 1. The van der Waals surface area contributed by atoms with Crippen LogP contribution in [0.3, 0.4) is 0 Å². The fourth-order valence-corrected chi connectivity index (χ4v) is 2.23. The molecule has 0 bridgehead atoms. The molecule has 0 aromatic heterocycles. The summed E-state index contributed by atoms with van der Waals surface area (Å²) in [6.45, 7) is 0. The highest BCUT2D eigenvalue weighted by molar-refractivity contribution is 8.13. The Labute approximate surface area is 102 Å². The molecule has 0 unspecified atom stereocenters. The molecule has 0 spiro atoms. The zero-order valence-corrected chi connectivity index (χ0v) is 10.5. The van der Waals surface area contributed by atoms with Crippen LogP contribution in [0.1, 0.15) is 10.4 Å². The zero-order chi connectivity index (χ0) is 13.2. The van der Waals surface area contributed by atoms with Crippen molar-refractivity contribution in [3.63, 3.8) is 0 Å². The fraction of sp³-hybridized carbons (Fsp3) is 0.222. The van der Waals surface area contributed by atoms with Gasteiger partial charge in [-0.25, -0.2) is 13.2 Å². The minimum absolute atomic E-state index is 0.0154. The lowest BCUT2D eigenvalue weighted by Gasteiger charge is -2.10. The van der Waals surface area contributed by atoms with Crippen LogP contribution in [0.5, 0.6) is 11.5 Å². The van der Waals surface area contributed by atoms with Gasteiger partial charge in [0, 0.05) is 16.7 Å². The first kappa shape index (κ1) is 13.6. The van der Waals surface area contributed by atoms with E-state index in [1.54, 1.807) is 0 Å². The number of hydrogen-bond acceptors (Lipinski definition) is 5. The number of carbonyl (C=O) groups is 1. The molecule has 0 aliphatic heterocycles. The van der Waals surface area contributed by atoms with Gasteiger partial charge in [0.15, 0.2) is 0 Å². The number of carboxylic acid groups (broad SMARTS) is 1. The van der Waals surface area contributed by atoms with Crippen LogP contribution in [0.25, 0.3) is 0 Å². The van der Waals surface area contributed by atoms with Gasteiger partial charge in [0.2, 0.25) is 0 Å². The largest absolute Gasteiger partial charge is 0.496 e. The smallest absolute Gasteiger partial charge is 0.339 e. The maximum absolute atomic E-state index is 11.2. The molecule has 0 fully saturated rings. The van der Waals surface area contributed by atoms with E-state index in [-0.39, 0.29) is 17.1 Å². The maximum Gasteiger partial charge on any atom is 0.339 e. The molecule has 94 valence electrons. The molecule has 1 N–H and O–H groups in total. The van der Waals surface area contributed by atoms with Gasteiger partial charge in [-0.3, -0.25) is 0 Å². The highest BCUT2D eigenvalue weighted by Crippen LogP contribution is 2.33. The molecule has 6 nitrogen and oxygen atoms in total. The van der Waals surface area contributed by atoms with Crippen molar-refractivity contribution in [2.75, 3.05) is 14.2 Å². The van der Waals surface area contributed by atoms with Crippen molar-refractivity contribution < 1.29 is 27.8 Å². The minimum atomic E-state index is -4.10. The Morgan fingerprint density at radius 2 is 1.76 bits per heavy atom. The molecule has 17 heavy (non-hydrogen) atoms. The summed E-state index contributed by atoms with van der Waals surface area (Å²) in [6.07, 6.45) is 0. The zero-order valence-electron chi connectivity index (χ0n) is 8.93. The SMILES string of the molecule is COc1cc(OC)c(S(=O)(=O)Cl)cc1C(=O)O. The summed E-state index contributed by atoms with van der Waals surface area (Å²) in [4.78, 5) is 10.5. The lowest BCUT2D eigenvalue weighted by atomic mass is 10.2. The Hall–Kier alpha value is -1.47. The van der Waals surface area contributed by atoms with Crippen molar-refractivity contribution in [3.05, 3.63) is 17.7 Å². The molecule has 0 saturated carbocycles. The second kappa shape index (κ2) is 4.80. The van der Waals surface area contributed by atoms with Crippen LogP contribution in [0.4, 0.5) is 0 Å². The first-order chi connectivity index (χ1) is 7.81. The first-order valence-electron chi connectivity index (χ1n) is 4.25. The first-order valence-corrected chi connectivity index (χ1v) is 6.56. The van der Waals surface area contributed by atoms with Crippen LogP contribution in [-0.2, 0) is 9.05 Å². The number of ether oxygens (including phenoxy) is 2. The number of halogens is 1. The minimum Gasteiger partial charge on any atom is -0.496 e. The summed E-state index contributed by atoms with van der Waals surface area (Å²) in [7, 11) is 3.57. The van der Waals surface area contributed by atoms with Gasteiger partial charge in [-0.1, -0.05) is 0 Å². The number of carboxylic acids is 1. The van der Waals surface area contributed by atoms with Crippen LogP contribution < -0.4 is 9.47 Å². The Morgan fingerprint density at radius 3 is 2.12 bits per heavy atom. The summed E-state index contributed by atoms with van der Waals surface area (Å²) in [6, 6.07) is 2.04. The van der Waals surface area contributed by atoms with E-state index in [0.717, 1.165) is 12.1 Å². The molecule has 0 saturated heterocycles. The highest BCUT2D eigenvalue weighted by atomic mass is 35.7. The molecule has 1 aromatic rings.